The molecule has 0 saturated heterocycles. The van der Waals surface area contributed by atoms with Crippen LogP contribution in [0.5, 0.6) is 5.75 Å². The standard InChI is InChI=1S/C19H27FN4OS/c1-19(2,3)16-12-26-17(23-16)10-22-18(21-4)24(5)11-13-7-8-15(25-6)14(20)9-13/h7-9,12H,10-11H2,1-6H3,(H,21,22). The van der Waals surface area contributed by atoms with Gasteiger partial charge in [-0.3, -0.25) is 4.99 Å². The summed E-state index contributed by atoms with van der Waals surface area (Å²) >= 11 is 1.64. The molecule has 0 unspecified atom stereocenters. The first kappa shape index (κ1) is 20.2. The van der Waals surface area contributed by atoms with E-state index in [4.69, 9.17) is 4.74 Å². The average molecular weight is 379 g/mol. The van der Waals surface area contributed by atoms with Crippen molar-refractivity contribution in [3.8, 4) is 5.75 Å². The van der Waals surface area contributed by atoms with Gasteiger partial charge in [0.25, 0.3) is 0 Å². The minimum Gasteiger partial charge on any atom is -0.494 e. The van der Waals surface area contributed by atoms with Gasteiger partial charge in [0.2, 0.25) is 0 Å². The largest absolute Gasteiger partial charge is 0.494 e. The van der Waals surface area contributed by atoms with E-state index < -0.39 is 0 Å². The molecular weight excluding hydrogens is 351 g/mol. The minimum atomic E-state index is -0.362. The molecule has 0 saturated carbocycles. The van der Waals surface area contributed by atoms with Crippen LogP contribution in [0.1, 0.15) is 37.0 Å². The van der Waals surface area contributed by atoms with Crippen molar-refractivity contribution in [2.24, 2.45) is 4.99 Å². The highest BCUT2D eigenvalue weighted by molar-refractivity contribution is 7.09. The highest BCUT2D eigenvalue weighted by Crippen LogP contribution is 2.24. The van der Waals surface area contributed by atoms with Gasteiger partial charge in [-0.2, -0.15) is 0 Å². The van der Waals surface area contributed by atoms with Gasteiger partial charge in [0.15, 0.2) is 17.5 Å². The third-order valence-electron chi connectivity index (χ3n) is 3.93. The van der Waals surface area contributed by atoms with Crippen LogP contribution < -0.4 is 10.1 Å². The molecule has 0 amide bonds. The van der Waals surface area contributed by atoms with Crippen molar-refractivity contribution in [3.63, 3.8) is 0 Å². The Bertz CT molecular complexity index is 767. The number of benzene rings is 1. The van der Waals surface area contributed by atoms with E-state index in [1.165, 1.54) is 13.2 Å². The second-order valence-electron chi connectivity index (χ2n) is 7.10. The third kappa shape index (κ3) is 5.17. The number of thiazole rings is 1. The lowest BCUT2D eigenvalue weighted by Gasteiger charge is -2.22. The summed E-state index contributed by atoms with van der Waals surface area (Å²) in [6.07, 6.45) is 0. The summed E-state index contributed by atoms with van der Waals surface area (Å²) in [6, 6.07) is 4.97. The Morgan fingerprint density at radius 2 is 2.12 bits per heavy atom. The molecule has 0 aliphatic carbocycles. The van der Waals surface area contributed by atoms with Gasteiger partial charge in [0.1, 0.15) is 5.01 Å². The van der Waals surface area contributed by atoms with Crippen LogP contribution in [0, 0.1) is 5.82 Å². The van der Waals surface area contributed by atoms with Crippen LogP contribution >= 0.6 is 11.3 Å². The number of aromatic nitrogens is 1. The number of nitrogens with one attached hydrogen (secondary N) is 1. The number of aliphatic imine (C=N–C) groups is 1. The second kappa shape index (κ2) is 8.49. The first-order chi connectivity index (χ1) is 12.2. The molecule has 2 aromatic rings. The lowest BCUT2D eigenvalue weighted by molar-refractivity contribution is 0.385. The van der Waals surface area contributed by atoms with Crippen molar-refractivity contribution >= 4 is 17.3 Å². The van der Waals surface area contributed by atoms with Crippen molar-refractivity contribution in [2.75, 3.05) is 21.2 Å². The van der Waals surface area contributed by atoms with E-state index in [9.17, 15) is 4.39 Å². The molecule has 1 N–H and O–H groups in total. The zero-order valence-corrected chi connectivity index (χ0v) is 17.1. The fraction of sp³-hybridized carbons (Fsp3) is 0.474. The van der Waals surface area contributed by atoms with E-state index >= 15 is 0 Å². The maximum Gasteiger partial charge on any atom is 0.194 e. The maximum absolute atomic E-state index is 13.9. The summed E-state index contributed by atoms with van der Waals surface area (Å²) in [5.74, 6) is 0.616. The molecule has 1 aromatic carbocycles. The Hall–Kier alpha value is -2.15. The third-order valence-corrected chi connectivity index (χ3v) is 4.78. The van der Waals surface area contributed by atoms with Crippen molar-refractivity contribution in [2.45, 2.75) is 39.3 Å². The summed E-state index contributed by atoms with van der Waals surface area (Å²) in [5.41, 5.74) is 1.99. The van der Waals surface area contributed by atoms with E-state index in [0.717, 1.165) is 22.2 Å². The lowest BCUT2D eigenvalue weighted by Crippen LogP contribution is -2.38. The molecule has 2 rings (SSSR count). The Morgan fingerprint density at radius 1 is 1.38 bits per heavy atom. The Morgan fingerprint density at radius 3 is 2.65 bits per heavy atom. The first-order valence-corrected chi connectivity index (χ1v) is 9.31. The summed E-state index contributed by atoms with van der Waals surface area (Å²) < 4.78 is 18.8. The molecule has 0 bridgehead atoms. The summed E-state index contributed by atoms with van der Waals surface area (Å²) in [6.45, 7) is 7.60. The van der Waals surface area contributed by atoms with Crippen LogP contribution in [0.2, 0.25) is 0 Å². The smallest absolute Gasteiger partial charge is 0.194 e. The van der Waals surface area contributed by atoms with Gasteiger partial charge in [0.05, 0.1) is 19.3 Å². The van der Waals surface area contributed by atoms with Gasteiger partial charge in [-0.25, -0.2) is 9.37 Å². The highest BCUT2D eigenvalue weighted by Gasteiger charge is 2.17. The van der Waals surface area contributed by atoms with Crippen molar-refractivity contribution < 1.29 is 9.13 Å². The van der Waals surface area contributed by atoms with E-state index in [2.05, 4.69) is 41.4 Å². The average Bonchev–Trinajstić information content (AvgIpc) is 3.05. The number of nitrogens with zero attached hydrogens (tertiary/aromatic N) is 3. The van der Waals surface area contributed by atoms with Crippen LogP contribution in [0.3, 0.4) is 0 Å². The topological polar surface area (TPSA) is 49.8 Å². The quantitative estimate of drug-likeness (QED) is 0.635. The number of halogens is 1. The molecule has 1 heterocycles. The van der Waals surface area contributed by atoms with Gasteiger partial charge in [-0.15, -0.1) is 11.3 Å². The molecule has 7 heteroatoms. The molecule has 0 aliphatic heterocycles. The number of methoxy groups -OCH3 is 1. The maximum atomic E-state index is 13.9. The van der Waals surface area contributed by atoms with Gasteiger partial charge >= 0.3 is 0 Å². The molecule has 26 heavy (non-hydrogen) atoms. The summed E-state index contributed by atoms with van der Waals surface area (Å²) in [5, 5.41) is 6.43. The van der Waals surface area contributed by atoms with Gasteiger partial charge in [-0.05, 0) is 17.7 Å². The number of rotatable bonds is 5. The van der Waals surface area contributed by atoms with Gasteiger partial charge in [0, 0.05) is 31.4 Å². The molecule has 1 aromatic heterocycles. The predicted octanol–water partition coefficient (Wildman–Crippen LogP) is 3.80. The number of hydrogen-bond donors (Lipinski definition) is 1. The van der Waals surface area contributed by atoms with Crippen molar-refractivity contribution in [3.05, 3.63) is 45.7 Å². The first-order valence-electron chi connectivity index (χ1n) is 8.43. The molecule has 0 fully saturated rings. The predicted molar refractivity (Wildman–Crippen MR) is 105 cm³/mol. The van der Waals surface area contributed by atoms with E-state index in [1.54, 1.807) is 24.5 Å². The molecule has 0 radical (unpaired) electrons. The fourth-order valence-electron chi connectivity index (χ4n) is 2.43. The normalized spacial score (nSPS) is 12.2. The molecule has 0 spiro atoms. The lowest BCUT2D eigenvalue weighted by atomic mass is 9.93. The van der Waals surface area contributed by atoms with Crippen LogP contribution in [0.4, 0.5) is 4.39 Å². The number of guanidine groups is 1. The second-order valence-corrected chi connectivity index (χ2v) is 8.04. The Labute approximate surface area is 158 Å². The Balaban J connectivity index is 1.97. The SMILES string of the molecule is CN=C(NCc1nc(C(C)(C)C)cs1)N(C)Cc1ccc(OC)c(F)c1. The van der Waals surface area contributed by atoms with Crippen molar-refractivity contribution in [1.82, 2.24) is 15.2 Å². The molecule has 0 aliphatic rings. The van der Waals surface area contributed by atoms with E-state index in [0.29, 0.717) is 13.1 Å². The molecule has 0 atom stereocenters. The van der Waals surface area contributed by atoms with Gasteiger partial charge < -0.3 is 15.0 Å². The van der Waals surface area contributed by atoms with Crippen LogP contribution in [-0.4, -0.2) is 37.0 Å². The van der Waals surface area contributed by atoms with Crippen LogP contribution in [0.25, 0.3) is 0 Å². The van der Waals surface area contributed by atoms with E-state index in [1.807, 2.05) is 18.0 Å². The zero-order chi connectivity index (χ0) is 19.3. The Kier molecular flexibility index (Phi) is 6.58. The minimum absolute atomic E-state index is 0.0473. The van der Waals surface area contributed by atoms with Crippen LogP contribution in [-0.2, 0) is 18.5 Å². The summed E-state index contributed by atoms with van der Waals surface area (Å²) in [4.78, 5) is 10.9. The van der Waals surface area contributed by atoms with Crippen LogP contribution in [0.15, 0.2) is 28.6 Å². The molecule has 5 nitrogen and oxygen atoms in total. The number of hydrogen-bond acceptors (Lipinski definition) is 4. The fourth-order valence-corrected chi connectivity index (χ4v) is 3.39. The number of ether oxygens (including phenoxy) is 1. The van der Waals surface area contributed by atoms with E-state index in [-0.39, 0.29) is 17.0 Å². The van der Waals surface area contributed by atoms with Gasteiger partial charge in [-0.1, -0.05) is 26.8 Å². The monoisotopic (exact) mass is 378 g/mol. The summed E-state index contributed by atoms with van der Waals surface area (Å²) in [7, 11) is 5.11. The zero-order valence-electron chi connectivity index (χ0n) is 16.3. The van der Waals surface area contributed by atoms with Crippen molar-refractivity contribution in [1.29, 1.82) is 0 Å². The highest BCUT2D eigenvalue weighted by atomic mass is 32.1. The molecular formula is C19H27FN4OS. The molecule has 142 valence electrons.